The van der Waals surface area contributed by atoms with Crippen molar-refractivity contribution in [3.63, 3.8) is 0 Å². The summed E-state index contributed by atoms with van der Waals surface area (Å²) in [5, 5.41) is 2.97. The first-order valence-corrected chi connectivity index (χ1v) is 7.37. The van der Waals surface area contributed by atoms with Gasteiger partial charge in [-0.25, -0.2) is 4.98 Å². The van der Waals surface area contributed by atoms with Crippen LogP contribution in [-0.2, 0) is 5.54 Å². The van der Waals surface area contributed by atoms with Crippen molar-refractivity contribution in [2.45, 2.75) is 25.8 Å². The predicted molar refractivity (Wildman–Crippen MR) is 82.5 cm³/mol. The Kier molecular flexibility index (Phi) is 4.30. The van der Waals surface area contributed by atoms with Gasteiger partial charge in [0.15, 0.2) is 11.5 Å². The fourth-order valence-corrected chi connectivity index (χ4v) is 2.79. The number of nitrogens with zero attached hydrogens (tertiary/aromatic N) is 1. The predicted octanol–water partition coefficient (Wildman–Crippen LogP) is 3.41. The Bertz CT molecular complexity index is 593. The summed E-state index contributed by atoms with van der Waals surface area (Å²) in [6, 6.07) is 5.78. The third-order valence-electron chi connectivity index (χ3n) is 3.41. The molecule has 0 saturated heterocycles. The number of nitrogens with two attached hydrogens (primary N) is 1. The average molecular weight is 292 g/mol. The molecule has 1 atom stereocenters. The van der Waals surface area contributed by atoms with Crippen LogP contribution in [0.15, 0.2) is 23.6 Å². The molecule has 0 fully saturated rings. The van der Waals surface area contributed by atoms with Crippen molar-refractivity contribution in [1.29, 1.82) is 0 Å². The Labute approximate surface area is 123 Å². The molecule has 1 aromatic carbocycles. The van der Waals surface area contributed by atoms with Gasteiger partial charge in [-0.05, 0) is 31.5 Å². The number of thiazole rings is 1. The molecule has 0 aliphatic heterocycles. The summed E-state index contributed by atoms with van der Waals surface area (Å²) in [6.07, 6.45) is 0.853. The topological polar surface area (TPSA) is 57.4 Å². The number of benzene rings is 1. The monoisotopic (exact) mass is 292 g/mol. The van der Waals surface area contributed by atoms with Crippen LogP contribution in [0.3, 0.4) is 0 Å². The third-order valence-corrected chi connectivity index (χ3v) is 4.53. The summed E-state index contributed by atoms with van der Waals surface area (Å²) in [7, 11) is 3.25. The Morgan fingerprint density at radius 1 is 1.25 bits per heavy atom. The molecule has 1 unspecified atom stereocenters. The molecule has 2 N–H and O–H groups in total. The van der Waals surface area contributed by atoms with E-state index in [1.54, 1.807) is 25.6 Å². The zero-order valence-electron chi connectivity index (χ0n) is 12.3. The fraction of sp³-hybridized carbons (Fsp3) is 0.400. The molecule has 0 amide bonds. The van der Waals surface area contributed by atoms with E-state index in [2.05, 4.69) is 11.9 Å². The van der Waals surface area contributed by atoms with Gasteiger partial charge in [0.2, 0.25) is 0 Å². The maximum atomic E-state index is 6.23. The Balaban J connectivity index is 2.38. The first-order chi connectivity index (χ1) is 9.51. The molecule has 2 rings (SSSR count). The lowest BCUT2D eigenvalue weighted by atomic mass is 10.0. The third kappa shape index (κ3) is 2.78. The summed E-state index contributed by atoms with van der Waals surface area (Å²) < 4.78 is 10.6. The van der Waals surface area contributed by atoms with E-state index < -0.39 is 0 Å². The molecule has 2 aromatic rings. The van der Waals surface area contributed by atoms with Crippen LogP contribution in [0, 0.1) is 0 Å². The second-order valence-electron chi connectivity index (χ2n) is 4.88. The number of aromatic nitrogens is 1. The highest BCUT2D eigenvalue weighted by atomic mass is 32.1. The van der Waals surface area contributed by atoms with E-state index in [0.717, 1.165) is 22.7 Å². The summed E-state index contributed by atoms with van der Waals surface area (Å²) in [6.45, 7) is 4.07. The normalized spacial score (nSPS) is 13.8. The maximum Gasteiger partial charge on any atom is 0.161 e. The molecule has 0 radical (unpaired) electrons. The molecule has 0 spiro atoms. The SMILES string of the molecule is CCC(C)(N)c1nc(-c2ccc(OC)c(OC)c2)cs1. The lowest BCUT2D eigenvalue weighted by Gasteiger charge is -2.18. The number of hydrogen-bond acceptors (Lipinski definition) is 5. The molecule has 108 valence electrons. The molecular formula is C15H20N2O2S. The summed E-state index contributed by atoms with van der Waals surface area (Å²) in [4.78, 5) is 4.65. The molecule has 0 aliphatic rings. The first kappa shape index (κ1) is 14.8. The van der Waals surface area contributed by atoms with Crippen LogP contribution >= 0.6 is 11.3 Å². The number of rotatable bonds is 5. The van der Waals surface area contributed by atoms with Crippen molar-refractivity contribution < 1.29 is 9.47 Å². The molecular weight excluding hydrogens is 272 g/mol. The smallest absolute Gasteiger partial charge is 0.161 e. The van der Waals surface area contributed by atoms with Gasteiger partial charge in [-0.2, -0.15) is 0 Å². The number of methoxy groups -OCH3 is 2. The Hall–Kier alpha value is -1.59. The van der Waals surface area contributed by atoms with E-state index in [9.17, 15) is 0 Å². The van der Waals surface area contributed by atoms with Crippen LogP contribution in [0.2, 0.25) is 0 Å². The van der Waals surface area contributed by atoms with Crippen LogP contribution in [-0.4, -0.2) is 19.2 Å². The number of ether oxygens (including phenoxy) is 2. The van der Waals surface area contributed by atoms with Crippen LogP contribution in [0.1, 0.15) is 25.3 Å². The van der Waals surface area contributed by atoms with E-state index in [-0.39, 0.29) is 5.54 Å². The van der Waals surface area contributed by atoms with Crippen LogP contribution in [0.5, 0.6) is 11.5 Å². The minimum atomic E-state index is -0.376. The van der Waals surface area contributed by atoms with Gasteiger partial charge >= 0.3 is 0 Å². The molecule has 0 saturated carbocycles. The molecule has 0 aliphatic carbocycles. The second kappa shape index (κ2) is 5.81. The largest absolute Gasteiger partial charge is 0.493 e. The van der Waals surface area contributed by atoms with Gasteiger partial charge in [-0.1, -0.05) is 6.92 Å². The van der Waals surface area contributed by atoms with E-state index >= 15 is 0 Å². The molecule has 5 heteroatoms. The van der Waals surface area contributed by atoms with E-state index in [1.807, 2.05) is 30.5 Å². The second-order valence-corrected chi connectivity index (χ2v) is 5.74. The van der Waals surface area contributed by atoms with Crippen molar-refractivity contribution in [2.75, 3.05) is 14.2 Å². The van der Waals surface area contributed by atoms with Crippen LogP contribution < -0.4 is 15.2 Å². The molecule has 1 heterocycles. The van der Waals surface area contributed by atoms with E-state index in [4.69, 9.17) is 15.2 Å². The molecule has 4 nitrogen and oxygen atoms in total. The van der Waals surface area contributed by atoms with Crippen molar-refractivity contribution in [3.05, 3.63) is 28.6 Å². The van der Waals surface area contributed by atoms with E-state index in [0.29, 0.717) is 11.5 Å². The van der Waals surface area contributed by atoms with Gasteiger partial charge in [-0.15, -0.1) is 11.3 Å². The number of hydrogen-bond donors (Lipinski definition) is 1. The highest BCUT2D eigenvalue weighted by molar-refractivity contribution is 7.10. The highest BCUT2D eigenvalue weighted by Crippen LogP contribution is 2.34. The minimum absolute atomic E-state index is 0.376. The molecule has 0 bridgehead atoms. The summed E-state index contributed by atoms with van der Waals surface area (Å²) >= 11 is 1.59. The fourth-order valence-electron chi connectivity index (χ4n) is 1.82. The Morgan fingerprint density at radius 2 is 1.95 bits per heavy atom. The average Bonchev–Trinajstić information content (AvgIpc) is 2.97. The lowest BCUT2D eigenvalue weighted by molar-refractivity contribution is 0.355. The standard InChI is InChI=1S/C15H20N2O2S/c1-5-15(2,16)14-17-11(9-20-14)10-6-7-12(18-3)13(8-10)19-4/h6-9H,5,16H2,1-4H3. The zero-order chi connectivity index (χ0) is 14.8. The van der Waals surface area contributed by atoms with Gasteiger partial charge in [0, 0.05) is 10.9 Å². The zero-order valence-corrected chi connectivity index (χ0v) is 13.1. The Morgan fingerprint density at radius 3 is 2.55 bits per heavy atom. The summed E-state index contributed by atoms with van der Waals surface area (Å²) in [5.41, 5.74) is 7.77. The first-order valence-electron chi connectivity index (χ1n) is 6.49. The van der Waals surface area contributed by atoms with Crippen molar-refractivity contribution in [1.82, 2.24) is 4.98 Å². The van der Waals surface area contributed by atoms with Gasteiger partial charge < -0.3 is 15.2 Å². The quantitative estimate of drug-likeness (QED) is 0.917. The minimum Gasteiger partial charge on any atom is -0.493 e. The van der Waals surface area contributed by atoms with Crippen molar-refractivity contribution in [2.24, 2.45) is 5.73 Å². The molecule has 20 heavy (non-hydrogen) atoms. The van der Waals surface area contributed by atoms with Gasteiger partial charge in [0.05, 0.1) is 25.5 Å². The summed E-state index contributed by atoms with van der Waals surface area (Å²) in [5.74, 6) is 1.41. The highest BCUT2D eigenvalue weighted by Gasteiger charge is 2.23. The van der Waals surface area contributed by atoms with Crippen LogP contribution in [0.4, 0.5) is 0 Å². The van der Waals surface area contributed by atoms with Gasteiger partial charge in [-0.3, -0.25) is 0 Å². The van der Waals surface area contributed by atoms with Crippen molar-refractivity contribution >= 4 is 11.3 Å². The maximum absolute atomic E-state index is 6.23. The van der Waals surface area contributed by atoms with Gasteiger partial charge in [0.25, 0.3) is 0 Å². The van der Waals surface area contributed by atoms with Crippen molar-refractivity contribution in [3.8, 4) is 22.8 Å². The van der Waals surface area contributed by atoms with Crippen LogP contribution in [0.25, 0.3) is 11.3 Å². The van der Waals surface area contributed by atoms with E-state index in [1.165, 1.54) is 0 Å². The molecule has 1 aromatic heterocycles. The van der Waals surface area contributed by atoms with Gasteiger partial charge in [0.1, 0.15) is 5.01 Å². The lowest BCUT2D eigenvalue weighted by Crippen LogP contribution is -2.31.